The summed E-state index contributed by atoms with van der Waals surface area (Å²) < 4.78 is 45.4. The summed E-state index contributed by atoms with van der Waals surface area (Å²) in [5, 5.41) is 13.8. The van der Waals surface area contributed by atoms with E-state index in [2.05, 4.69) is 10.6 Å². The van der Waals surface area contributed by atoms with Crippen LogP contribution in [0.25, 0.3) is 0 Å². The van der Waals surface area contributed by atoms with Crippen LogP contribution in [0.4, 0.5) is 24.5 Å². The largest absolute Gasteiger partial charge is 0.461 e. The van der Waals surface area contributed by atoms with Gasteiger partial charge in [-0.1, -0.05) is 13.8 Å². The Hall–Kier alpha value is -3.41. The van der Waals surface area contributed by atoms with Crippen LogP contribution in [-0.2, 0) is 14.3 Å². The van der Waals surface area contributed by atoms with E-state index in [0.717, 1.165) is 0 Å². The number of carbonyl (C=O) groups excluding carboxylic acids is 3. The molecule has 0 atom stereocenters. The fourth-order valence-corrected chi connectivity index (χ4v) is 4.77. The average Bonchev–Trinajstić information content (AvgIpc) is 2.78. The van der Waals surface area contributed by atoms with E-state index in [0.29, 0.717) is 37.1 Å². The van der Waals surface area contributed by atoms with Crippen molar-refractivity contribution in [2.45, 2.75) is 70.7 Å². The monoisotopic (exact) mass is 523 g/mol. The standard InChI is InChI=1S/C25H32F3N5O4/c1-24(2)10-18(21(19(34)11-24)22(30)25(26,27)28)33-14-5-8-16(23(31)36)17(9-14)32-13-3-6-15(7-4-13)37-20(35)12-29/h5,8-9,13,15,30,32-33H,3-4,6-7,10-12,29H2,1-2H3,(H2,31,36)/t13-,15-. The molecule has 2 aliphatic carbocycles. The first kappa shape index (κ1) is 28.2. The molecule has 0 aromatic heterocycles. The molecule has 0 unspecified atom stereocenters. The minimum atomic E-state index is -4.97. The molecular weight excluding hydrogens is 491 g/mol. The molecule has 3 rings (SSSR count). The molecule has 12 heteroatoms. The van der Waals surface area contributed by atoms with Crippen molar-refractivity contribution in [3.8, 4) is 0 Å². The van der Waals surface area contributed by atoms with Crippen molar-refractivity contribution in [2.75, 3.05) is 17.2 Å². The highest BCUT2D eigenvalue weighted by Crippen LogP contribution is 2.40. The van der Waals surface area contributed by atoms with Gasteiger partial charge >= 0.3 is 12.1 Å². The zero-order chi connectivity index (χ0) is 27.5. The van der Waals surface area contributed by atoms with E-state index in [4.69, 9.17) is 21.6 Å². The smallest absolute Gasteiger partial charge is 0.433 e. The van der Waals surface area contributed by atoms with Gasteiger partial charge < -0.3 is 26.8 Å². The van der Waals surface area contributed by atoms with Gasteiger partial charge in [0.25, 0.3) is 5.91 Å². The summed E-state index contributed by atoms with van der Waals surface area (Å²) in [7, 11) is 0. The lowest BCUT2D eigenvalue weighted by Crippen LogP contribution is -2.36. The molecule has 0 heterocycles. The molecular formula is C25H32F3N5O4. The van der Waals surface area contributed by atoms with E-state index >= 15 is 0 Å². The molecule has 9 nitrogen and oxygen atoms in total. The molecule has 7 N–H and O–H groups in total. The molecule has 1 fully saturated rings. The molecule has 1 amide bonds. The van der Waals surface area contributed by atoms with Gasteiger partial charge in [0.1, 0.15) is 11.8 Å². The third-order valence-electron chi connectivity index (χ3n) is 6.49. The normalized spacial score (nSPS) is 21.8. The van der Waals surface area contributed by atoms with Crippen molar-refractivity contribution in [1.29, 1.82) is 5.41 Å². The van der Waals surface area contributed by atoms with Crippen LogP contribution in [0, 0.1) is 10.8 Å². The number of hydrogen-bond donors (Lipinski definition) is 5. The predicted molar refractivity (Wildman–Crippen MR) is 132 cm³/mol. The Morgan fingerprint density at radius 3 is 2.38 bits per heavy atom. The molecule has 1 aromatic rings. The molecule has 2 aliphatic rings. The van der Waals surface area contributed by atoms with Crippen LogP contribution in [0.2, 0.25) is 0 Å². The lowest BCUT2D eigenvalue weighted by molar-refractivity contribution is -0.148. The maximum Gasteiger partial charge on any atom is 0.433 e. The second-order valence-electron chi connectivity index (χ2n) is 10.2. The summed E-state index contributed by atoms with van der Waals surface area (Å²) in [5.74, 6) is -1.91. The number of halogens is 3. The van der Waals surface area contributed by atoms with Crippen LogP contribution in [0.15, 0.2) is 29.5 Å². The summed E-state index contributed by atoms with van der Waals surface area (Å²) in [6.07, 6.45) is -2.72. The number of nitrogens with two attached hydrogens (primary N) is 2. The number of primary amides is 1. The highest BCUT2D eigenvalue weighted by molar-refractivity contribution is 6.24. The zero-order valence-corrected chi connectivity index (χ0v) is 20.8. The van der Waals surface area contributed by atoms with Gasteiger partial charge in [0.15, 0.2) is 5.78 Å². The van der Waals surface area contributed by atoms with Gasteiger partial charge in [0.05, 0.1) is 17.7 Å². The van der Waals surface area contributed by atoms with Gasteiger partial charge in [-0.05, 0) is 55.7 Å². The van der Waals surface area contributed by atoms with Gasteiger partial charge in [-0.2, -0.15) is 13.2 Å². The number of amides is 1. The number of Topliss-reactive ketones (excluding diaryl/α,β-unsaturated/α-hetero) is 1. The van der Waals surface area contributed by atoms with Gasteiger partial charge in [0.2, 0.25) is 0 Å². The molecule has 0 spiro atoms. The third kappa shape index (κ3) is 7.09. The highest BCUT2D eigenvalue weighted by atomic mass is 19.4. The van der Waals surface area contributed by atoms with E-state index < -0.39 is 40.5 Å². The summed E-state index contributed by atoms with van der Waals surface area (Å²) in [6, 6.07) is 4.42. The van der Waals surface area contributed by atoms with Crippen molar-refractivity contribution in [2.24, 2.45) is 16.9 Å². The molecule has 1 saturated carbocycles. The molecule has 0 aliphatic heterocycles. The summed E-state index contributed by atoms with van der Waals surface area (Å²) in [4.78, 5) is 36.1. The van der Waals surface area contributed by atoms with E-state index in [1.807, 2.05) is 0 Å². The fourth-order valence-electron chi connectivity index (χ4n) is 4.77. The Labute approximate surface area is 212 Å². The number of nitrogens with one attached hydrogen (secondary N) is 3. The molecule has 0 saturated heterocycles. The van der Waals surface area contributed by atoms with Crippen LogP contribution >= 0.6 is 0 Å². The summed E-state index contributed by atoms with van der Waals surface area (Å²) in [5.41, 5.74) is 8.78. The van der Waals surface area contributed by atoms with Gasteiger partial charge in [-0.15, -0.1) is 0 Å². The Morgan fingerprint density at radius 1 is 1.16 bits per heavy atom. The Bertz CT molecular complexity index is 1120. The van der Waals surface area contributed by atoms with Crippen LogP contribution in [0.3, 0.4) is 0 Å². The van der Waals surface area contributed by atoms with Crippen molar-refractivity contribution >= 4 is 34.7 Å². The number of esters is 1. The highest BCUT2D eigenvalue weighted by Gasteiger charge is 2.44. The first-order valence-corrected chi connectivity index (χ1v) is 12.0. The van der Waals surface area contributed by atoms with Crippen molar-refractivity contribution in [1.82, 2.24) is 0 Å². The van der Waals surface area contributed by atoms with Gasteiger partial charge in [0, 0.05) is 29.5 Å². The van der Waals surface area contributed by atoms with Crippen molar-refractivity contribution in [3.05, 3.63) is 35.0 Å². The maximum absolute atomic E-state index is 13.4. The number of allylic oxidation sites excluding steroid dienone is 2. The van der Waals surface area contributed by atoms with E-state index in [1.165, 1.54) is 12.1 Å². The first-order chi connectivity index (χ1) is 17.2. The SMILES string of the molecule is CC1(C)CC(=O)C(C(=N)C(F)(F)F)=C(Nc2ccc(C(N)=O)c(N[C@H]3CC[C@H](OC(=O)CN)CC3)c2)C1. The number of hydrogen-bond acceptors (Lipinski definition) is 8. The Kier molecular flexibility index (Phi) is 8.31. The lowest BCUT2D eigenvalue weighted by atomic mass is 9.74. The number of carbonyl (C=O) groups is 3. The number of anilines is 2. The molecule has 0 radical (unpaired) electrons. The predicted octanol–water partition coefficient (Wildman–Crippen LogP) is 3.65. The van der Waals surface area contributed by atoms with Gasteiger partial charge in [-0.3, -0.25) is 19.8 Å². The quantitative estimate of drug-likeness (QED) is 0.257. The summed E-state index contributed by atoms with van der Waals surface area (Å²) >= 11 is 0. The minimum absolute atomic E-state index is 0.00331. The van der Waals surface area contributed by atoms with Crippen molar-refractivity contribution < 1.29 is 32.3 Å². The second-order valence-corrected chi connectivity index (χ2v) is 10.2. The van der Waals surface area contributed by atoms with E-state index in [9.17, 15) is 27.6 Å². The number of rotatable bonds is 8. The first-order valence-electron chi connectivity index (χ1n) is 12.0. The molecule has 202 valence electrons. The van der Waals surface area contributed by atoms with Gasteiger partial charge in [-0.25, -0.2) is 0 Å². The van der Waals surface area contributed by atoms with Crippen LogP contribution in [-0.4, -0.2) is 48.2 Å². The van der Waals surface area contributed by atoms with Crippen LogP contribution in [0.5, 0.6) is 0 Å². The third-order valence-corrected chi connectivity index (χ3v) is 6.49. The van der Waals surface area contributed by atoms with E-state index in [-0.39, 0.29) is 42.8 Å². The summed E-state index contributed by atoms with van der Waals surface area (Å²) in [6.45, 7) is 3.35. The number of ketones is 1. The maximum atomic E-state index is 13.4. The Morgan fingerprint density at radius 2 is 1.81 bits per heavy atom. The minimum Gasteiger partial charge on any atom is -0.461 e. The Balaban J connectivity index is 1.86. The lowest BCUT2D eigenvalue weighted by Gasteiger charge is -2.33. The number of ether oxygens (including phenoxy) is 1. The van der Waals surface area contributed by atoms with Crippen LogP contribution in [0.1, 0.15) is 62.7 Å². The topological polar surface area (TPSA) is 160 Å². The number of alkyl halides is 3. The second kappa shape index (κ2) is 10.9. The van der Waals surface area contributed by atoms with Crippen LogP contribution < -0.4 is 22.1 Å². The van der Waals surface area contributed by atoms with Crippen molar-refractivity contribution in [3.63, 3.8) is 0 Å². The molecule has 1 aromatic carbocycles. The zero-order valence-electron chi connectivity index (χ0n) is 20.8. The van der Waals surface area contributed by atoms with E-state index in [1.54, 1.807) is 19.9 Å². The molecule has 0 bridgehead atoms. The number of benzene rings is 1. The fraction of sp³-hybridized carbons (Fsp3) is 0.520. The molecule has 37 heavy (non-hydrogen) atoms. The average molecular weight is 524 g/mol.